The summed E-state index contributed by atoms with van der Waals surface area (Å²) in [4.78, 5) is 11.9. The van der Waals surface area contributed by atoms with Crippen LogP contribution in [-0.2, 0) is 6.42 Å². The van der Waals surface area contributed by atoms with E-state index < -0.39 is 0 Å². The summed E-state index contributed by atoms with van der Waals surface area (Å²) in [6.07, 6.45) is 1.82. The number of carbonyl (C=O) groups excluding carboxylic acids is 1. The molecular weight excluding hydrogens is 272 g/mol. The largest absolute Gasteiger partial charge is 0.364 e. The van der Waals surface area contributed by atoms with Crippen LogP contribution < -0.4 is 5.73 Å². The van der Waals surface area contributed by atoms with Crippen molar-refractivity contribution in [2.24, 2.45) is 5.73 Å². The van der Waals surface area contributed by atoms with Gasteiger partial charge in [0.15, 0.2) is 0 Å². The maximum absolute atomic E-state index is 11.9. The van der Waals surface area contributed by atoms with Crippen molar-refractivity contribution in [3.63, 3.8) is 0 Å². The number of nitrogens with zero attached hydrogens (tertiary/aromatic N) is 1. The van der Waals surface area contributed by atoms with Crippen molar-refractivity contribution >= 4 is 16.8 Å². The first-order chi connectivity index (χ1) is 10.7. The average Bonchev–Trinajstić information content (AvgIpc) is 2.93. The molecule has 0 saturated carbocycles. The SMILES string of the molecule is CCC(Cc1ccccc1)n1c(C(N)=O)cc2ccccc21. The Hall–Kier alpha value is -2.55. The number of fused-ring (bicyclic) bond motifs is 1. The first kappa shape index (κ1) is 14.4. The number of amides is 1. The summed E-state index contributed by atoms with van der Waals surface area (Å²) in [6.45, 7) is 2.15. The molecule has 2 aromatic carbocycles. The summed E-state index contributed by atoms with van der Waals surface area (Å²) < 4.78 is 2.10. The van der Waals surface area contributed by atoms with Crippen LogP contribution in [0.5, 0.6) is 0 Å². The maximum atomic E-state index is 11.9. The van der Waals surface area contributed by atoms with Crippen LogP contribution in [-0.4, -0.2) is 10.5 Å². The Morgan fingerprint density at radius 1 is 1.09 bits per heavy atom. The maximum Gasteiger partial charge on any atom is 0.265 e. The quantitative estimate of drug-likeness (QED) is 0.761. The van der Waals surface area contributed by atoms with Gasteiger partial charge in [0, 0.05) is 16.9 Å². The van der Waals surface area contributed by atoms with Crippen LogP contribution in [0.15, 0.2) is 60.7 Å². The Morgan fingerprint density at radius 3 is 2.45 bits per heavy atom. The highest BCUT2D eigenvalue weighted by Crippen LogP contribution is 2.28. The molecule has 3 rings (SSSR count). The Morgan fingerprint density at radius 2 is 1.77 bits per heavy atom. The number of rotatable bonds is 5. The van der Waals surface area contributed by atoms with Gasteiger partial charge < -0.3 is 10.3 Å². The zero-order chi connectivity index (χ0) is 15.5. The molecule has 3 aromatic rings. The van der Waals surface area contributed by atoms with Crippen LogP contribution in [0.25, 0.3) is 10.9 Å². The van der Waals surface area contributed by atoms with E-state index in [1.165, 1.54) is 5.56 Å². The Kier molecular flexibility index (Phi) is 3.96. The lowest BCUT2D eigenvalue weighted by Gasteiger charge is -2.21. The standard InChI is InChI=1S/C19H20N2O/c1-2-16(12-14-8-4-3-5-9-14)21-17-11-7-6-10-15(17)13-18(21)19(20)22/h3-11,13,16H,2,12H2,1H3,(H2,20,22). The third-order valence-corrected chi connectivity index (χ3v) is 4.15. The van der Waals surface area contributed by atoms with Crippen molar-refractivity contribution in [1.82, 2.24) is 4.57 Å². The summed E-state index contributed by atoms with van der Waals surface area (Å²) in [5.74, 6) is -0.372. The van der Waals surface area contributed by atoms with Crippen LogP contribution in [0.3, 0.4) is 0 Å². The van der Waals surface area contributed by atoms with E-state index in [9.17, 15) is 4.79 Å². The Balaban J connectivity index is 2.09. The summed E-state index contributed by atoms with van der Waals surface area (Å²) in [7, 11) is 0. The van der Waals surface area contributed by atoms with Crippen LogP contribution >= 0.6 is 0 Å². The molecule has 0 spiro atoms. The lowest BCUT2D eigenvalue weighted by molar-refractivity contribution is 0.0989. The van der Waals surface area contributed by atoms with Gasteiger partial charge in [-0.15, -0.1) is 0 Å². The van der Waals surface area contributed by atoms with E-state index in [0.717, 1.165) is 23.7 Å². The van der Waals surface area contributed by atoms with Gasteiger partial charge in [0.1, 0.15) is 5.69 Å². The van der Waals surface area contributed by atoms with Crippen LogP contribution in [0.1, 0.15) is 35.4 Å². The highest BCUT2D eigenvalue weighted by atomic mass is 16.1. The number of hydrogen-bond acceptors (Lipinski definition) is 1. The van der Waals surface area contributed by atoms with Crippen molar-refractivity contribution in [2.45, 2.75) is 25.8 Å². The number of benzene rings is 2. The molecule has 1 unspecified atom stereocenters. The normalized spacial score (nSPS) is 12.4. The molecule has 1 atom stereocenters. The number of hydrogen-bond donors (Lipinski definition) is 1. The predicted octanol–water partition coefficient (Wildman–Crippen LogP) is 3.93. The van der Waals surface area contributed by atoms with Gasteiger partial charge in [-0.3, -0.25) is 4.79 Å². The second-order valence-corrected chi connectivity index (χ2v) is 5.57. The van der Waals surface area contributed by atoms with Gasteiger partial charge in [-0.2, -0.15) is 0 Å². The molecule has 0 fully saturated rings. The van der Waals surface area contributed by atoms with Crippen molar-refractivity contribution < 1.29 is 4.79 Å². The fourth-order valence-corrected chi connectivity index (χ4v) is 3.06. The summed E-state index contributed by atoms with van der Waals surface area (Å²) in [5, 5.41) is 1.06. The third kappa shape index (κ3) is 2.62. The minimum atomic E-state index is -0.372. The lowest BCUT2D eigenvalue weighted by Crippen LogP contribution is -2.21. The molecule has 1 amide bonds. The van der Waals surface area contributed by atoms with Gasteiger partial charge in [0.05, 0.1) is 0 Å². The number of primary amides is 1. The van der Waals surface area contributed by atoms with Crippen molar-refractivity contribution in [3.8, 4) is 0 Å². The topological polar surface area (TPSA) is 48.0 Å². The summed E-state index contributed by atoms with van der Waals surface area (Å²) in [5.41, 5.74) is 8.53. The first-order valence-corrected chi connectivity index (χ1v) is 7.64. The molecule has 1 aromatic heterocycles. The van der Waals surface area contributed by atoms with E-state index in [2.05, 4.69) is 29.7 Å². The molecule has 0 bridgehead atoms. The van der Waals surface area contributed by atoms with Crippen molar-refractivity contribution in [1.29, 1.82) is 0 Å². The first-order valence-electron chi connectivity index (χ1n) is 7.64. The highest BCUT2D eigenvalue weighted by Gasteiger charge is 2.19. The molecule has 0 saturated heterocycles. The molecule has 2 N–H and O–H groups in total. The monoisotopic (exact) mass is 292 g/mol. The zero-order valence-corrected chi connectivity index (χ0v) is 12.7. The molecule has 22 heavy (non-hydrogen) atoms. The third-order valence-electron chi connectivity index (χ3n) is 4.15. The van der Waals surface area contributed by atoms with Crippen LogP contribution in [0, 0.1) is 0 Å². The van der Waals surface area contributed by atoms with Crippen molar-refractivity contribution in [2.75, 3.05) is 0 Å². The number of nitrogens with two attached hydrogens (primary N) is 1. The molecule has 112 valence electrons. The van der Waals surface area contributed by atoms with E-state index in [0.29, 0.717) is 5.69 Å². The highest BCUT2D eigenvalue weighted by molar-refractivity contribution is 5.97. The molecular formula is C19H20N2O. The molecule has 3 nitrogen and oxygen atoms in total. The number of carbonyl (C=O) groups is 1. The van der Waals surface area contributed by atoms with E-state index >= 15 is 0 Å². The Bertz CT molecular complexity index is 790. The summed E-state index contributed by atoms with van der Waals surface area (Å²) in [6, 6.07) is 20.5. The predicted molar refractivity (Wildman–Crippen MR) is 89.9 cm³/mol. The van der Waals surface area contributed by atoms with E-state index in [4.69, 9.17) is 5.73 Å². The molecule has 0 aliphatic heterocycles. The van der Waals surface area contributed by atoms with Gasteiger partial charge in [0.25, 0.3) is 5.91 Å². The van der Waals surface area contributed by atoms with E-state index in [-0.39, 0.29) is 11.9 Å². The second kappa shape index (κ2) is 6.06. The van der Waals surface area contributed by atoms with Gasteiger partial charge in [-0.05, 0) is 30.5 Å². The second-order valence-electron chi connectivity index (χ2n) is 5.57. The molecule has 1 heterocycles. The molecule has 3 heteroatoms. The summed E-state index contributed by atoms with van der Waals surface area (Å²) >= 11 is 0. The van der Waals surface area contributed by atoms with Crippen LogP contribution in [0.2, 0.25) is 0 Å². The van der Waals surface area contributed by atoms with E-state index in [1.807, 2.05) is 42.5 Å². The minimum absolute atomic E-state index is 0.213. The molecule has 0 aliphatic carbocycles. The van der Waals surface area contributed by atoms with Crippen LogP contribution in [0.4, 0.5) is 0 Å². The molecule has 0 radical (unpaired) electrons. The number of aromatic nitrogens is 1. The fraction of sp³-hybridized carbons (Fsp3) is 0.211. The average molecular weight is 292 g/mol. The molecule has 0 aliphatic rings. The smallest absolute Gasteiger partial charge is 0.265 e. The zero-order valence-electron chi connectivity index (χ0n) is 12.7. The number of para-hydroxylation sites is 1. The van der Waals surface area contributed by atoms with Gasteiger partial charge in [-0.1, -0.05) is 55.5 Å². The van der Waals surface area contributed by atoms with Gasteiger partial charge in [-0.25, -0.2) is 0 Å². The van der Waals surface area contributed by atoms with Gasteiger partial charge in [0.2, 0.25) is 0 Å². The fourth-order valence-electron chi connectivity index (χ4n) is 3.06. The van der Waals surface area contributed by atoms with Crippen molar-refractivity contribution in [3.05, 3.63) is 71.9 Å². The Labute approximate surface area is 130 Å². The van der Waals surface area contributed by atoms with Gasteiger partial charge >= 0.3 is 0 Å². The lowest BCUT2D eigenvalue weighted by atomic mass is 10.0. The van der Waals surface area contributed by atoms with E-state index in [1.54, 1.807) is 0 Å². The minimum Gasteiger partial charge on any atom is -0.364 e.